The molecule has 1 amide bonds. The lowest BCUT2D eigenvalue weighted by Gasteiger charge is -2.02. The minimum atomic E-state index is -1.40. The van der Waals surface area contributed by atoms with Crippen molar-refractivity contribution in [2.75, 3.05) is 0 Å². The van der Waals surface area contributed by atoms with Crippen LogP contribution in [0.4, 0.5) is 0 Å². The molecule has 0 atom stereocenters. The van der Waals surface area contributed by atoms with Crippen LogP contribution in [0.15, 0.2) is 42.5 Å². The molecular formula is C18H17NO6. The number of nitrogens with two attached hydrogens (primary N) is 1. The number of rotatable bonds is 4. The van der Waals surface area contributed by atoms with E-state index in [2.05, 4.69) is 0 Å². The first kappa shape index (κ1) is 19.6. The molecule has 0 radical (unpaired) electrons. The van der Waals surface area contributed by atoms with Crippen LogP contribution >= 0.6 is 0 Å². The van der Waals surface area contributed by atoms with Crippen molar-refractivity contribution >= 4 is 23.6 Å². The lowest BCUT2D eigenvalue weighted by atomic mass is 10.0. The van der Waals surface area contributed by atoms with Crippen molar-refractivity contribution in [1.29, 1.82) is 0 Å². The van der Waals surface area contributed by atoms with E-state index in [0.717, 1.165) is 23.8 Å². The Hall–Kier alpha value is -3.48. The molecule has 0 saturated heterocycles. The van der Waals surface area contributed by atoms with Gasteiger partial charge in [-0.25, -0.2) is 9.59 Å². The average molecular weight is 343 g/mol. The highest BCUT2D eigenvalue weighted by molar-refractivity contribution is 6.05. The van der Waals surface area contributed by atoms with Crippen molar-refractivity contribution in [1.82, 2.24) is 0 Å². The molecule has 2 rings (SSSR count). The number of benzene rings is 2. The van der Waals surface area contributed by atoms with Crippen molar-refractivity contribution in [2.24, 2.45) is 5.73 Å². The number of primary amides is 1. The van der Waals surface area contributed by atoms with E-state index >= 15 is 0 Å². The normalized spacial score (nSPS) is 9.52. The molecule has 0 bridgehead atoms. The molecule has 0 aliphatic carbocycles. The van der Waals surface area contributed by atoms with Crippen LogP contribution in [-0.4, -0.2) is 33.8 Å². The van der Waals surface area contributed by atoms with Gasteiger partial charge in [0.25, 0.3) is 0 Å². The predicted molar refractivity (Wildman–Crippen MR) is 90.1 cm³/mol. The van der Waals surface area contributed by atoms with E-state index in [1.165, 1.54) is 5.56 Å². The Kier molecular flexibility index (Phi) is 6.57. The number of carbonyl (C=O) groups excluding carboxylic acids is 2. The van der Waals surface area contributed by atoms with E-state index in [0.29, 0.717) is 0 Å². The van der Waals surface area contributed by atoms with E-state index in [4.69, 9.17) is 15.9 Å². The van der Waals surface area contributed by atoms with Gasteiger partial charge in [0.2, 0.25) is 5.91 Å². The van der Waals surface area contributed by atoms with Crippen LogP contribution in [0.2, 0.25) is 0 Å². The first-order valence-corrected chi connectivity index (χ1v) is 7.11. The van der Waals surface area contributed by atoms with Gasteiger partial charge < -0.3 is 15.9 Å². The van der Waals surface area contributed by atoms with Gasteiger partial charge in [-0.05, 0) is 32.0 Å². The van der Waals surface area contributed by atoms with Gasteiger partial charge in [-0.1, -0.05) is 29.8 Å². The summed E-state index contributed by atoms with van der Waals surface area (Å²) in [6.07, 6.45) is 0. The third-order valence-electron chi connectivity index (χ3n) is 3.22. The molecule has 2 aromatic carbocycles. The third kappa shape index (κ3) is 5.58. The number of aromatic carboxylic acids is 2. The van der Waals surface area contributed by atoms with Crippen molar-refractivity contribution in [3.63, 3.8) is 0 Å². The highest BCUT2D eigenvalue weighted by Gasteiger charge is 2.16. The molecule has 7 heteroatoms. The van der Waals surface area contributed by atoms with Crippen molar-refractivity contribution in [2.45, 2.75) is 13.8 Å². The summed E-state index contributed by atoms with van der Waals surface area (Å²) in [5.41, 5.74) is 6.06. The lowest BCUT2D eigenvalue weighted by molar-refractivity contribution is 0.0691. The molecule has 0 fully saturated rings. The summed E-state index contributed by atoms with van der Waals surface area (Å²) in [4.78, 5) is 42.8. The maximum Gasteiger partial charge on any atom is 0.336 e. The molecule has 0 saturated carbocycles. The van der Waals surface area contributed by atoms with Crippen LogP contribution in [-0.2, 0) is 0 Å². The quantitative estimate of drug-likeness (QED) is 0.729. The molecule has 4 N–H and O–H groups in total. The Morgan fingerprint density at radius 1 is 0.800 bits per heavy atom. The Balaban J connectivity index is 0.000000271. The lowest BCUT2D eigenvalue weighted by Crippen LogP contribution is -2.17. The fourth-order valence-electron chi connectivity index (χ4n) is 1.86. The Labute approximate surface area is 143 Å². The van der Waals surface area contributed by atoms with Crippen LogP contribution < -0.4 is 5.73 Å². The summed E-state index contributed by atoms with van der Waals surface area (Å²) < 4.78 is 0. The zero-order valence-corrected chi connectivity index (χ0v) is 13.6. The van der Waals surface area contributed by atoms with E-state index < -0.39 is 23.4 Å². The smallest absolute Gasteiger partial charge is 0.336 e. The topological polar surface area (TPSA) is 135 Å². The van der Waals surface area contributed by atoms with Crippen LogP contribution in [0.1, 0.15) is 53.9 Å². The van der Waals surface area contributed by atoms with Gasteiger partial charge in [0.1, 0.15) is 0 Å². The first-order chi connectivity index (χ1) is 11.6. The number of Topliss-reactive ketones (excluding diaryl/α,β-unsaturated/α-hetero) is 1. The summed E-state index contributed by atoms with van der Waals surface area (Å²) in [5, 5.41) is 17.3. The molecule has 0 aliphatic heterocycles. The fourth-order valence-corrected chi connectivity index (χ4v) is 1.86. The summed E-state index contributed by atoms with van der Waals surface area (Å²) in [5.74, 6) is -3.45. The molecule has 0 heterocycles. The van der Waals surface area contributed by atoms with Crippen LogP contribution in [0.3, 0.4) is 0 Å². The fraction of sp³-hybridized carbons (Fsp3) is 0.111. The van der Waals surface area contributed by atoms with Gasteiger partial charge >= 0.3 is 11.9 Å². The van der Waals surface area contributed by atoms with E-state index in [1.54, 1.807) is 6.92 Å². The number of hydrogen-bond acceptors (Lipinski definition) is 4. The predicted octanol–water partition coefficient (Wildman–Crippen LogP) is 2.38. The second-order valence-corrected chi connectivity index (χ2v) is 5.16. The van der Waals surface area contributed by atoms with Crippen LogP contribution in [0.5, 0.6) is 0 Å². The maximum atomic E-state index is 10.8. The van der Waals surface area contributed by atoms with Gasteiger partial charge in [0.15, 0.2) is 5.78 Å². The maximum absolute atomic E-state index is 10.8. The molecule has 2 aromatic rings. The van der Waals surface area contributed by atoms with E-state index in [-0.39, 0.29) is 16.9 Å². The summed E-state index contributed by atoms with van der Waals surface area (Å²) >= 11 is 0. The van der Waals surface area contributed by atoms with Gasteiger partial charge in [0, 0.05) is 5.56 Å². The highest BCUT2D eigenvalue weighted by Crippen LogP contribution is 2.12. The van der Waals surface area contributed by atoms with Crippen LogP contribution in [0, 0.1) is 6.92 Å². The summed E-state index contributed by atoms with van der Waals surface area (Å²) in [6.45, 7) is 3.58. The molecule has 25 heavy (non-hydrogen) atoms. The third-order valence-corrected chi connectivity index (χ3v) is 3.22. The summed E-state index contributed by atoms with van der Waals surface area (Å²) in [7, 11) is 0. The monoisotopic (exact) mass is 343 g/mol. The Morgan fingerprint density at radius 2 is 1.32 bits per heavy atom. The molecular weight excluding hydrogens is 326 g/mol. The number of carboxylic acid groups (broad SMARTS) is 2. The average Bonchev–Trinajstić information content (AvgIpc) is 2.55. The molecule has 130 valence electrons. The molecule has 0 unspecified atom stereocenters. The standard InChI is InChI=1S/C9H7NO5.C9H10O/c10-7(11)5-2-1-4(8(12)13)3-6(5)9(14)15;1-7-3-5-9(6-4-7)8(2)10/h1-3H,(H2,10,11)(H,12,13)(H,14,15);3-6H,1-2H3. The summed E-state index contributed by atoms with van der Waals surface area (Å²) in [6, 6.07) is 10.7. The number of carboxylic acids is 2. The Morgan fingerprint density at radius 3 is 1.72 bits per heavy atom. The van der Waals surface area contributed by atoms with Crippen LogP contribution in [0.25, 0.3) is 0 Å². The minimum absolute atomic E-state index is 0.125. The zero-order valence-electron chi connectivity index (χ0n) is 13.6. The number of aryl methyl sites for hydroxylation is 1. The zero-order chi connectivity index (χ0) is 19.1. The largest absolute Gasteiger partial charge is 0.478 e. The van der Waals surface area contributed by atoms with Gasteiger partial charge in [-0.3, -0.25) is 9.59 Å². The Bertz CT molecular complexity index is 824. The van der Waals surface area contributed by atoms with E-state index in [1.807, 2.05) is 31.2 Å². The van der Waals surface area contributed by atoms with Crippen molar-refractivity contribution in [3.05, 3.63) is 70.3 Å². The highest BCUT2D eigenvalue weighted by atomic mass is 16.4. The molecule has 0 aromatic heterocycles. The van der Waals surface area contributed by atoms with Gasteiger partial charge in [0.05, 0.1) is 16.7 Å². The first-order valence-electron chi connectivity index (χ1n) is 7.11. The van der Waals surface area contributed by atoms with Gasteiger partial charge in [-0.15, -0.1) is 0 Å². The SMILES string of the molecule is CC(=O)c1ccc(C)cc1.NC(=O)c1ccc(C(=O)O)cc1C(=O)O. The molecule has 7 nitrogen and oxygen atoms in total. The van der Waals surface area contributed by atoms with E-state index in [9.17, 15) is 19.2 Å². The minimum Gasteiger partial charge on any atom is -0.478 e. The number of carbonyl (C=O) groups is 4. The second-order valence-electron chi connectivity index (χ2n) is 5.16. The number of hydrogen-bond donors (Lipinski definition) is 3. The van der Waals surface area contributed by atoms with Crippen molar-refractivity contribution in [3.8, 4) is 0 Å². The number of ketones is 1. The van der Waals surface area contributed by atoms with Gasteiger partial charge in [-0.2, -0.15) is 0 Å². The van der Waals surface area contributed by atoms with Crippen molar-refractivity contribution < 1.29 is 29.4 Å². The second kappa shape index (κ2) is 8.39. The molecule has 0 spiro atoms. The molecule has 0 aliphatic rings. The number of amides is 1.